The summed E-state index contributed by atoms with van der Waals surface area (Å²) >= 11 is 0. The number of nitrogens with zero attached hydrogens (tertiary/aromatic N) is 4. The number of aromatic nitrogens is 4. The molecule has 0 aliphatic carbocycles. The number of hydrogen-bond acceptors (Lipinski definition) is 10. The molecule has 0 atom stereocenters. The van der Waals surface area contributed by atoms with E-state index in [0.29, 0.717) is 17.8 Å². The maximum atomic E-state index is 12.1. The van der Waals surface area contributed by atoms with Gasteiger partial charge in [-0.25, -0.2) is 26.3 Å². The smallest absolute Gasteiger partial charge is 0.368 e. The molecule has 0 amide bonds. The van der Waals surface area contributed by atoms with Crippen LogP contribution in [0.4, 0.5) is 0 Å². The summed E-state index contributed by atoms with van der Waals surface area (Å²) in [6, 6.07) is 13.2. The molecule has 0 aliphatic rings. The number of rotatable bonds is 8. The van der Waals surface area contributed by atoms with Crippen molar-refractivity contribution in [3.63, 3.8) is 0 Å². The van der Waals surface area contributed by atoms with E-state index in [4.69, 9.17) is 0 Å². The highest BCUT2D eigenvalue weighted by Crippen LogP contribution is 2.19. The summed E-state index contributed by atoms with van der Waals surface area (Å²) < 4.78 is 63.4. The van der Waals surface area contributed by atoms with E-state index < -0.39 is 42.0 Å². The molecule has 2 aromatic carbocycles. The topological polar surface area (TPSA) is 198 Å². The van der Waals surface area contributed by atoms with Crippen molar-refractivity contribution < 1.29 is 45.5 Å². The molecule has 14 nitrogen and oxygen atoms in total. The molecular formula is C19H18N6O8S2. The highest BCUT2D eigenvalue weighted by atomic mass is 32.2. The maximum Gasteiger partial charge on any atom is 0.368 e. The summed E-state index contributed by atoms with van der Waals surface area (Å²) in [5, 5.41) is 29.4. The quantitative estimate of drug-likeness (QED) is 0.239. The second-order valence-corrected chi connectivity index (χ2v) is 10.7. The van der Waals surface area contributed by atoms with Crippen molar-refractivity contribution in [3.05, 3.63) is 59.7 Å². The fourth-order valence-electron chi connectivity index (χ4n) is 3.20. The number of hydrogen-bond donors (Lipinski definition) is 2. The van der Waals surface area contributed by atoms with E-state index in [-0.39, 0.29) is 0 Å². The van der Waals surface area contributed by atoms with Crippen LogP contribution in [0.15, 0.2) is 67.6 Å². The molecule has 0 aliphatic heterocycles. The Bertz CT molecular complexity index is 1460. The van der Waals surface area contributed by atoms with Crippen molar-refractivity contribution in [1.82, 2.24) is 20.0 Å². The van der Waals surface area contributed by atoms with E-state index in [2.05, 4.69) is 29.0 Å². The molecule has 0 unspecified atom stereocenters. The van der Waals surface area contributed by atoms with Gasteiger partial charge in [0.2, 0.25) is 11.4 Å². The second kappa shape index (κ2) is 9.06. The van der Waals surface area contributed by atoms with Crippen LogP contribution >= 0.6 is 0 Å². The third kappa shape index (κ3) is 4.59. The van der Waals surface area contributed by atoms with E-state index in [1.807, 2.05) is 0 Å². The van der Waals surface area contributed by atoms with Crippen LogP contribution in [0.3, 0.4) is 0 Å². The molecule has 0 saturated carbocycles. The fraction of sp³-hybridized carbons (Fsp3) is 0.158. The Morgan fingerprint density at radius 1 is 0.714 bits per heavy atom. The van der Waals surface area contributed by atoms with Crippen LogP contribution < -0.4 is 29.0 Å². The molecule has 184 valence electrons. The zero-order chi connectivity index (χ0) is 25.4. The minimum absolute atomic E-state index is 0.304. The Kier molecular flexibility index (Phi) is 6.28. The zero-order valence-corrected chi connectivity index (χ0v) is 19.8. The molecule has 16 heteroatoms. The lowest BCUT2D eigenvalue weighted by molar-refractivity contribution is -0.706. The van der Waals surface area contributed by atoms with Crippen LogP contribution in [0.2, 0.25) is 0 Å². The first-order valence-electron chi connectivity index (χ1n) is 9.81. The highest BCUT2D eigenvalue weighted by molar-refractivity contribution is 7.89. The summed E-state index contributed by atoms with van der Waals surface area (Å²) in [5.74, 6) is -2.19. The Labute approximate surface area is 199 Å². The van der Waals surface area contributed by atoms with Gasteiger partial charge < -0.3 is 19.3 Å². The number of benzene rings is 2. The first kappa shape index (κ1) is 24.3. The molecule has 0 bridgehead atoms. The lowest BCUT2D eigenvalue weighted by atomic mass is 10.0. The zero-order valence-electron chi connectivity index (χ0n) is 18.2. The molecule has 2 N–H and O–H groups in total. The average molecular weight is 523 g/mol. The van der Waals surface area contributed by atoms with Crippen LogP contribution in [0, 0.1) is 0 Å². The normalized spacial score (nSPS) is 12.2. The molecule has 4 aromatic rings. The summed E-state index contributed by atoms with van der Waals surface area (Å²) in [6.07, 6.45) is 0.469. The summed E-state index contributed by atoms with van der Waals surface area (Å²) in [5.41, 5.74) is 2.30. The standard InChI is InChI=1S/C19H18N6O8S2/c1-20-34(28,29)16-18(26)32-22-24(16)14-7-3-12(4-8-14)11-13-5-9-15(10-6-13)25-17(19(27)33-23-25)35(30,31)21-2/h3-10,20-21H,11H2,1-2H3. The molecule has 2 heterocycles. The van der Waals surface area contributed by atoms with E-state index in [9.17, 15) is 27.0 Å². The van der Waals surface area contributed by atoms with Gasteiger partial charge in [-0.1, -0.05) is 24.3 Å². The van der Waals surface area contributed by atoms with E-state index in [0.717, 1.165) is 20.5 Å². The van der Waals surface area contributed by atoms with Gasteiger partial charge in [-0.15, -0.1) is 0 Å². The minimum atomic E-state index is -4.09. The van der Waals surface area contributed by atoms with Gasteiger partial charge >= 0.3 is 30.1 Å². The molecular weight excluding hydrogens is 504 g/mol. The molecule has 0 spiro atoms. The van der Waals surface area contributed by atoms with Gasteiger partial charge in [0.15, 0.2) is 11.9 Å². The lowest BCUT2D eigenvalue weighted by Gasteiger charge is -2.03. The Balaban J connectivity index is 1.56. The van der Waals surface area contributed by atoms with Crippen molar-refractivity contribution in [1.29, 1.82) is 0 Å². The minimum Gasteiger partial charge on any atom is -0.538 e. The van der Waals surface area contributed by atoms with Gasteiger partial charge in [0.25, 0.3) is 0 Å². The molecule has 0 fully saturated rings. The average Bonchev–Trinajstić information content (AvgIpc) is 3.43. The van der Waals surface area contributed by atoms with Gasteiger partial charge in [-0.2, -0.15) is 0 Å². The molecule has 2 aromatic heterocycles. The number of nitrogens with one attached hydrogen (secondary N) is 2. The Morgan fingerprint density at radius 2 is 1.06 bits per heavy atom. The van der Waals surface area contributed by atoms with Crippen LogP contribution in [-0.4, -0.2) is 41.5 Å². The van der Waals surface area contributed by atoms with Crippen molar-refractivity contribution in [2.24, 2.45) is 0 Å². The van der Waals surface area contributed by atoms with Gasteiger partial charge in [-0.05, 0) is 41.0 Å². The summed E-state index contributed by atoms with van der Waals surface area (Å²) in [4.78, 5) is 0. The van der Waals surface area contributed by atoms with Gasteiger partial charge in [0.1, 0.15) is 0 Å². The predicted molar refractivity (Wildman–Crippen MR) is 110 cm³/mol. The summed E-state index contributed by atoms with van der Waals surface area (Å²) in [6.45, 7) is 0. The van der Waals surface area contributed by atoms with Gasteiger partial charge in [-0.3, -0.25) is 0 Å². The number of sulfonamides is 2. The second-order valence-electron chi connectivity index (χ2n) is 7.08. The van der Waals surface area contributed by atoms with Gasteiger partial charge in [0, 0.05) is 24.3 Å². The van der Waals surface area contributed by atoms with Crippen LogP contribution in [0.5, 0.6) is 11.9 Å². The Hall–Kier alpha value is -3.86. The van der Waals surface area contributed by atoms with E-state index in [1.165, 1.54) is 14.1 Å². The first-order chi connectivity index (χ1) is 16.6. The van der Waals surface area contributed by atoms with E-state index >= 15 is 0 Å². The molecule has 0 radical (unpaired) electrons. The largest absolute Gasteiger partial charge is 0.538 e. The SMILES string of the molecule is CNS(=O)(=O)c1c([O-])on[n+]1-c1ccc(Cc2ccc(-[n+]3noc([O-])c3S(=O)(=O)NC)cc2)cc1. The van der Waals surface area contributed by atoms with Crippen molar-refractivity contribution in [2.75, 3.05) is 14.1 Å². The van der Waals surface area contributed by atoms with Crippen LogP contribution in [-0.2, 0) is 26.5 Å². The van der Waals surface area contributed by atoms with Crippen molar-refractivity contribution >= 4 is 20.0 Å². The van der Waals surface area contributed by atoms with Gasteiger partial charge in [0.05, 0.1) is 10.5 Å². The molecule has 4 rings (SSSR count). The molecule has 35 heavy (non-hydrogen) atoms. The third-order valence-electron chi connectivity index (χ3n) is 4.96. The van der Waals surface area contributed by atoms with Crippen molar-refractivity contribution in [2.45, 2.75) is 16.5 Å². The first-order valence-corrected chi connectivity index (χ1v) is 12.8. The lowest BCUT2D eigenvalue weighted by Crippen LogP contribution is -2.41. The fourth-order valence-corrected chi connectivity index (χ4v) is 4.83. The third-order valence-corrected chi connectivity index (χ3v) is 7.73. The Morgan fingerprint density at radius 3 is 1.37 bits per heavy atom. The molecule has 0 saturated heterocycles. The van der Waals surface area contributed by atoms with E-state index in [1.54, 1.807) is 48.5 Å². The van der Waals surface area contributed by atoms with Crippen molar-refractivity contribution in [3.8, 4) is 23.3 Å². The predicted octanol–water partition coefficient (Wildman–Crippen LogP) is -2.23. The van der Waals surface area contributed by atoms with Crippen LogP contribution in [0.25, 0.3) is 11.4 Å². The highest BCUT2D eigenvalue weighted by Gasteiger charge is 2.33. The maximum absolute atomic E-state index is 12.1. The monoisotopic (exact) mass is 522 g/mol. The summed E-state index contributed by atoms with van der Waals surface area (Å²) in [7, 11) is -5.85. The van der Waals surface area contributed by atoms with Crippen LogP contribution in [0.1, 0.15) is 11.1 Å².